The summed E-state index contributed by atoms with van der Waals surface area (Å²) in [7, 11) is 0. The minimum atomic E-state index is -1.44. The summed E-state index contributed by atoms with van der Waals surface area (Å²) in [4.78, 5) is 25.5. The van der Waals surface area contributed by atoms with Crippen LogP contribution in [0, 0.1) is 0 Å². The lowest BCUT2D eigenvalue weighted by Gasteiger charge is -2.25. The third-order valence-electron chi connectivity index (χ3n) is 4.65. The number of carboxylic acid groups (broad SMARTS) is 1. The molecule has 2 saturated heterocycles. The van der Waals surface area contributed by atoms with E-state index in [4.69, 9.17) is 9.84 Å². The molecule has 2 fully saturated rings. The maximum atomic E-state index is 14.2. The zero-order chi connectivity index (χ0) is 16.8. The van der Waals surface area contributed by atoms with Gasteiger partial charge in [0.05, 0.1) is 30.5 Å². The Morgan fingerprint density at radius 3 is 2.96 bits per heavy atom. The monoisotopic (exact) mass is 333 g/mol. The molecule has 2 aliphatic heterocycles. The molecular formula is C16H16FN3O4. The van der Waals surface area contributed by atoms with E-state index >= 15 is 0 Å². The summed E-state index contributed by atoms with van der Waals surface area (Å²) >= 11 is 0. The second-order valence-corrected chi connectivity index (χ2v) is 6.06. The molecular weight excluding hydrogens is 317 g/mol. The first-order valence-corrected chi connectivity index (χ1v) is 7.73. The number of rotatable bonds is 2. The predicted octanol–water partition coefficient (Wildman–Crippen LogP) is 0.609. The van der Waals surface area contributed by atoms with Gasteiger partial charge in [0.15, 0.2) is 0 Å². The van der Waals surface area contributed by atoms with Crippen LogP contribution >= 0.6 is 0 Å². The highest BCUT2D eigenvalue weighted by molar-refractivity contribution is 5.93. The number of benzene rings is 1. The van der Waals surface area contributed by atoms with Crippen molar-refractivity contribution in [2.75, 3.05) is 31.1 Å². The molecule has 1 aromatic heterocycles. The molecule has 0 amide bonds. The maximum Gasteiger partial charge on any atom is 0.341 e. The van der Waals surface area contributed by atoms with Gasteiger partial charge in [0.2, 0.25) is 5.43 Å². The van der Waals surface area contributed by atoms with E-state index in [1.165, 1.54) is 6.07 Å². The number of anilines is 1. The van der Waals surface area contributed by atoms with Crippen LogP contribution < -0.4 is 15.6 Å². The zero-order valence-corrected chi connectivity index (χ0v) is 12.7. The molecule has 1 aromatic carbocycles. The molecule has 0 radical (unpaired) electrons. The summed E-state index contributed by atoms with van der Waals surface area (Å²) in [5, 5.41) is 12.4. The Morgan fingerprint density at radius 2 is 2.21 bits per heavy atom. The summed E-state index contributed by atoms with van der Waals surface area (Å²) in [6.45, 7) is 2.91. The first-order chi connectivity index (χ1) is 11.5. The van der Waals surface area contributed by atoms with E-state index in [2.05, 4.69) is 10.2 Å². The fraction of sp³-hybridized carbons (Fsp3) is 0.375. The molecule has 2 N–H and O–H groups in total. The average molecular weight is 333 g/mol. The molecule has 2 atom stereocenters. The summed E-state index contributed by atoms with van der Waals surface area (Å²) in [5.74, 6) is -1.44. The van der Waals surface area contributed by atoms with Crippen LogP contribution in [0.25, 0.3) is 10.9 Å². The van der Waals surface area contributed by atoms with Gasteiger partial charge in [0.25, 0.3) is 0 Å². The fourth-order valence-corrected chi connectivity index (χ4v) is 3.43. The van der Waals surface area contributed by atoms with Crippen molar-refractivity contribution in [2.24, 2.45) is 0 Å². The van der Waals surface area contributed by atoms with Crippen LogP contribution in [0.2, 0.25) is 0 Å². The molecule has 2 unspecified atom stereocenters. The SMILES string of the molecule is O=C(O)c1cn(F)c2cc(N3CC4NCCOC4C3)ccc2c1=O. The highest BCUT2D eigenvalue weighted by Gasteiger charge is 2.35. The van der Waals surface area contributed by atoms with Gasteiger partial charge in [-0.25, -0.2) is 4.79 Å². The average Bonchev–Trinajstić information content (AvgIpc) is 3.01. The van der Waals surface area contributed by atoms with Crippen molar-refractivity contribution in [3.63, 3.8) is 0 Å². The Morgan fingerprint density at radius 1 is 1.38 bits per heavy atom. The highest BCUT2D eigenvalue weighted by atomic mass is 19.2. The van der Waals surface area contributed by atoms with Crippen LogP contribution in [0.15, 0.2) is 29.2 Å². The molecule has 8 heteroatoms. The van der Waals surface area contributed by atoms with Crippen LogP contribution in [0.3, 0.4) is 0 Å². The summed E-state index contributed by atoms with van der Waals surface area (Å²) < 4.78 is 19.9. The van der Waals surface area contributed by atoms with Gasteiger partial charge >= 0.3 is 5.97 Å². The lowest BCUT2D eigenvalue weighted by Crippen LogP contribution is -2.47. The van der Waals surface area contributed by atoms with Crippen molar-refractivity contribution in [2.45, 2.75) is 12.1 Å². The summed E-state index contributed by atoms with van der Waals surface area (Å²) in [6, 6.07) is 4.99. The molecule has 2 aromatic rings. The van der Waals surface area contributed by atoms with Crippen molar-refractivity contribution in [3.8, 4) is 0 Å². The second-order valence-electron chi connectivity index (χ2n) is 6.06. The summed E-state index contributed by atoms with van der Waals surface area (Å²) in [5.41, 5.74) is -0.428. The molecule has 0 aliphatic carbocycles. The van der Waals surface area contributed by atoms with Crippen molar-refractivity contribution in [1.82, 2.24) is 10.1 Å². The predicted molar refractivity (Wildman–Crippen MR) is 85.4 cm³/mol. The minimum Gasteiger partial charge on any atom is -0.477 e. The molecule has 0 spiro atoms. The molecule has 126 valence electrons. The number of carboxylic acids is 1. The topological polar surface area (TPSA) is 83.8 Å². The molecule has 4 rings (SSSR count). The number of fused-ring (bicyclic) bond motifs is 2. The smallest absolute Gasteiger partial charge is 0.341 e. The Labute approximate surface area is 136 Å². The van der Waals surface area contributed by atoms with Gasteiger partial charge in [0.1, 0.15) is 5.56 Å². The third-order valence-corrected chi connectivity index (χ3v) is 4.65. The number of hydrogen-bond donors (Lipinski definition) is 2. The number of hydrogen-bond acceptors (Lipinski definition) is 5. The van der Waals surface area contributed by atoms with Crippen LogP contribution in [-0.4, -0.2) is 54.3 Å². The lowest BCUT2D eigenvalue weighted by atomic mass is 10.1. The van der Waals surface area contributed by atoms with Crippen molar-refractivity contribution < 1.29 is 19.1 Å². The zero-order valence-electron chi connectivity index (χ0n) is 12.7. The number of nitrogens with one attached hydrogen (secondary N) is 1. The Hall–Kier alpha value is -2.45. The van der Waals surface area contributed by atoms with E-state index in [0.717, 1.165) is 18.8 Å². The number of ether oxygens (including phenoxy) is 1. The van der Waals surface area contributed by atoms with Gasteiger partial charge in [-0.15, -0.1) is 0 Å². The van der Waals surface area contributed by atoms with Gasteiger partial charge < -0.3 is 20.1 Å². The number of halogens is 1. The van der Waals surface area contributed by atoms with Gasteiger partial charge in [0, 0.05) is 30.7 Å². The van der Waals surface area contributed by atoms with Crippen molar-refractivity contribution in [1.29, 1.82) is 0 Å². The number of aromatic nitrogens is 1. The number of carbonyl (C=O) groups is 1. The number of nitrogens with zero attached hydrogens (tertiary/aromatic N) is 2. The van der Waals surface area contributed by atoms with Gasteiger partial charge in [-0.2, -0.15) is 4.79 Å². The molecule has 0 bridgehead atoms. The van der Waals surface area contributed by atoms with Crippen LogP contribution in [0.5, 0.6) is 0 Å². The second kappa shape index (κ2) is 5.57. The van der Waals surface area contributed by atoms with Crippen LogP contribution in [0.1, 0.15) is 10.4 Å². The largest absolute Gasteiger partial charge is 0.477 e. The summed E-state index contributed by atoms with van der Waals surface area (Å²) in [6.07, 6.45) is 0.807. The highest BCUT2D eigenvalue weighted by Crippen LogP contribution is 2.26. The Balaban J connectivity index is 1.74. The van der Waals surface area contributed by atoms with Crippen LogP contribution in [-0.2, 0) is 4.74 Å². The van der Waals surface area contributed by atoms with Crippen LogP contribution in [0.4, 0.5) is 10.2 Å². The molecule has 3 heterocycles. The van der Waals surface area contributed by atoms with E-state index in [1.54, 1.807) is 12.1 Å². The quantitative estimate of drug-likeness (QED) is 0.838. The molecule has 7 nitrogen and oxygen atoms in total. The lowest BCUT2D eigenvalue weighted by molar-refractivity contribution is 0.0212. The van der Waals surface area contributed by atoms with E-state index in [0.29, 0.717) is 19.3 Å². The molecule has 24 heavy (non-hydrogen) atoms. The molecule has 0 saturated carbocycles. The van der Waals surface area contributed by atoms with E-state index in [1.807, 2.05) is 0 Å². The fourth-order valence-electron chi connectivity index (χ4n) is 3.43. The number of morpholine rings is 1. The normalized spacial score (nSPS) is 23.5. The Bertz CT molecular complexity index is 867. The van der Waals surface area contributed by atoms with E-state index in [9.17, 15) is 14.1 Å². The van der Waals surface area contributed by atoms with E-state index < -0.39 is 17.0 Å². The minimum absolute atomic E-state index is 0.0483. The van der Waals surface area contributed by atoms with Gasteiger partial charge in [-0.3, -0.25) is 4.79 Å². The first kappa shape index (κ1) is 15.1. The third kappa shape index (κ3) is 2.35. The number of pyridine rings is 1. The first-order valence-electron chi connectivity index (χ1n) is 7.73. The Kier molecular flexibility index (Phi) is 3.50. The van der Waals surface area contributed by atoms with E-state index in [-0.39, 0.29) is 27.8 Å². The van der Waals surface area contributed by atoms with Gasteiger partial charge in [-0.05, 0) is 18.2 Å². The maximum absolute atomic E-state index is 14.2. The van der Waals surface area contributed by atoms with Gasteiger partial charge in [-0.1, -0.05) is 4.48 Å². The molecule has 2 aliphatic rings. The number of aromatic carboxylic acids is 1. The van der Waals surface area contributed by atoms with Crippen molar-refractivity contribution in [3.05, 3.63) is 40.2 Å². The van der Waals surface area contributed by atoms with Crippen molar-refractivity contribution >= 4 is 22.6 Å². The standard InChI is InChI=1S/C16H16FN3O4/c17-20-6-11(16(22)23)15(21)10-2-1-9(5-13(10)20)19-7-12-14(8-19)24-4-3-18-12/h1-2,5-6,12,14,18H,3-4,7-8H2,(H,22,23).